The van der Waals surface area contributed by atoms with E-state index in [-0.39, 0.29) is 36.6 Å². The quantitative estimate of drug-likeness (QED) is 0.847. The lowest BCUT2D eigenvalue weighted by molar-refractivity contribution is -0.120. The number of hydrogen-bond acceptors (Lipinski definition) is 4. The second kappa shape index (κ2) is 9.75. The van der Waals surface area contributed by atoms with Gasteiger partial charge in [0, 0.05) is 29.8 Å². The van der Waals surface area contributed by atoms with Gasteiger partial charge in [-0.05, 0) is 45.4 Å². The molecule has 0 bridgehead atoms. The molecule has 138 valence electrons. The van der Waals surface area contributed by atoms with Gasteiger partial charge in [-0.3, -0.25) is 4.79 Å². The van der Waals surface area contributed by atoms with Crippen LogP contribution >= 0.6 is 24.8 Å². The summed E-state index contributed by atoms with van der Waals surface area (Å²) < 4.78 is 1.98. The summed E-state index contributed by atoms with van der Waals surface area (Å²) in [5, 5.41) is 14.6. The van der Waals surface area contributed by atoms with Crippen LogP contribution in [0.3, 0.4) is 0 Å². The van der Waals surface area contributed by atoms with Gasteiger partial charge in [0.25, 0.3) is 0 Å². The molecule has 2 aromatic rings. The van der Waals surface area contributed by atoms with Crippen molar-refractivity contribution in [3.05, 3.63) is 30.6 Å². The van der Waals surface area contributed by atoms with Gasteiger partial charge >= 0.3 is 0 Å². The van der Waals surface area contributed by atoms with E-state index in [1.165, 1.54) is 0 Å². The van der Waals surface area contributed by atoms with Gasteiger partial charge in [0.1, 0.15) is 6.33 Å². The third-order valence-electron chi connectivity index (χ3n) is 4.34. The smallest absolute Gasteiger partial charge is 0.227 e. The normalized spacial score (nSPS) is 19.4. The number of aryl methyl sites for hydroxylation is 1. The number of amides is 1. The molecule has 25 heavy (non-hydrogen) atoms. The van der Waals surface area contributed by atoms with Crippen molar-refractivity contribution in [3.63, 3.8) is 0 Å². The number of carbonyl (C=O) groups is 1. The summed E-state index contributed by atoms with van der Waals surface area (Å²) >= 11 is 0. The van der Waals surface area contributed by atoms with E-state index in [0.29, 0.717) is 6.04 Å². The van der Waals surface area contributed by atoms with E-state index in [0.717, 1.165) is 43.0 Å². The molecule has 0 aliphatic carbocycles. The SMILES string of the molecule is CCn1cnnc1-c1cccc(NC(=O)[C@H]2CCN[C@@H](C)C2)c1.Cl.Cl. The first-order valence-corrected chi connectivity index (χ1v) is 8.20. The van der Waals surface area contributed by atoms with Crippen LogP contribution in [0.15, 0.2) is 30.6 Å². The average Bonchev–Trinajstić information content (AvgIpc) is 3.04. The zero-order valence-corrected chi connectivity index (χ0v) is 16.1. The minimum atomic E-state index is 0. The molecular weight excluding hydrogens is 361 g/mol. The lowest BCUT2D eigenvalue weighted by atomic mass is 9.92. The van der Waals surface area contributed by atoms with Crippen molar-refractivity contribution in [1.29, 1.82) is 0 Å². The van der Waals surface area contributed by atoms with E-state index in [2.05, 4.69) is 34.7 Å². The van der Waals surface area contributed by atoms with Gasteiger partial charge in [-0.25, -0.2) is 0 Å². The summed E-state index contributed by atoms with van der Waals surface area (Å²) in [4.78, 5) is 12.5. The first-order chi connectivity index (χ1) is 11.2. The lowest BCUT2D eigenvalue weighted by Crippen LogP contribution is -2.40. The molecule has 0 spiro atoms. The van der Waals surface area contributed by atoms with Gasteiger partial charge in [-0.15, -0.1) is 35.0 Å². The number of nitrogens with zero attached hydrogens (tertiary/aromatic N) is 3. The Kier molecular flexibility index (Phi) is 8.35. The van der Waals surface area contributed by atoms with Crippen molar-refractivity contribution in [3.8, 4) is 11.4 Å². The highest BCUT2D eigenvalue weighted by atomic mass is 35.5. The van der Waals surface area contributed by atoms with E-state index in [1.54, 1.807) is 6.33 Å². The molecule has 1 amide bonds. The zero-order chi connectivity index (χ0) is 16.2. The summed E-state index contributed by atoms with van der Waals surface area (Å²) in [5.74, 6) is 1.00. The van der Waals surface area contributed by atoms with Crippen molar-refractivity contribution < 1.29 is 4.79 Å². The first-order valence-electron chi connectivity index (χ1n) is 8.20. The van der Waals surface area contributed by atoms with Crippen LogP contribution in [-0.2, 0) is 11.3 Å². The fourth-order valence-corrected chi connectivity index (χ4v) is 3.06. The highest BCUT2D eigenvalue weighted by Crippen LogP contribution is 2.23. The molecular formula is C17H25Cl2N5O. The molecule has 6 nitrogen and oxygen atoms in total. The molecule has 1 aromatic carbocycles. The number of piperidine rings is 1. The lowest BCUT2D eigenvalue weighted by Gasteiger charge is -2.27. The topological polar surface area (TPSA) is 71.8 Å². The van der Waals surface area contributed by atoms with E-state index in [4.69, 9.17) is 0 Å². The molecule has 1 aliphatic rings. The van der Waals surface area contributed by atoms with Crippen LogP contribution in [0.2, 0.25) is 0 Å². The Morgan fingerprint density at radius 3 is 2.92 bits per heavy atom. The number of benzene rings is 1. The molecule has 3 rings (SSSR count). The molecule has 0 unspecified atom stereocenters. The van der Waals surface area contributed by atoms with Crippen LogP contribution in [0.4, 0.5) is 5.69 Å². The van der Waals surface area contributed by atoms with Gasteiger partial charge in [0.15, 0.2) is 5.82 Å². The second-order valence-electron chi connectivity index (χ2n) is 6.09. The number of aromatic nitrogens is 3. The minimum Gasteiger partial charge on any atom is -0.326 e. The summed E-state index contributed by atoms with van der Waals surface area (Å²) in [6.07, 6.45) is 3.49. The number of halogens is 2. The molecule has 0 radical (unpaired) electrons. The van der Waals surface area contributed by atoms with Gasteiger partial charge in [0.2, 0.25) is 5.91 Å². The maximum atomic E-state index is 12.5. The van der Waals surface area contributed by atoms with Crippen molar-refractivity contribution in [2.24, 2.45) is 5.92 Å². The summed E-state index contributed by atoms with van der Waals surface area (Å²) in [6, 6.07) is 8.19. The Balaban J connectivity index is 0.00000156. The van der Waals surface area contributed by atoms with E-state index in [9.17, 15) is 4.79 Å². The predicted octanol–water partition coefficient (Wildman–Crippen LogP) is 3.14. The molecule has 1 fully saturated rings. The van der Waals surface area contributed by atoms with Gasteiger partial charge in [-0.2, -0.15) is 0 Å². The first kappa shape index (κ1) is 21.4. The molecule has 8 heteroatoms. The van der Waals surface area contributed by atoms with Crippen LogP contribution in [-0.4, -0.2) is 33.3 Å². The fraction of sp³-hybridized carbons (Fsp3) is 0.471. The van der Waals surface area contributed by atoms with Gasteiger partial charge < -0.3 is 15.2 Å². The highest BCUT2D eigenvalue weighted by molar-refractivity contribution is 5.93. The van der Waals surface area contributed by atoms with Crippen molar-refractivity contribution in [1.82, 2.24) is 20.1 Å². The minimum absolute atomic E-state index is 0. The molecule has 2 N–H and O–H groups in total. The number of anilines is 1. The molecule has 0 saturated carbocycles. The Morgan fingerprint density at radius 2 is 2.20 bits per heavy atom. The number of carbonyl (C=O) groups excluding carboxylic acids is 1. The van der Waals surface area contributed by atoms with Crippen LogP contribution < -0.4 is 10.6 Å². The molecule has 1 aliphatic heterocycles. The second-order valence-corrected chi connectivity index (χ2v) is 6.09. The van der Waals surface area contributed by atoms with Crippen LogP contribution in [0.5, 0.6) is 0 Å². The van der Waals surface area contributed by atoms with Crippen molar-refractivity contribution in [2.45, 2.75) is 39.3 Å². The molecule has 2 atom stereocenters. The standard InChI is InChI=1S/C17H23N5O.2ClH/c1-3-22-11-19-21-16(22)13-5-4-6-15(10-13)20-17(23)14-7-8-18-12(2)9-14;;/h4-6,10-12,14,18H,3,7-9H2,1-2H3,(H,20,23);2*1H/t12-,14-;;/m0../s1. The summed E-state index contributed by atoms with van der Waals surface area (Å²) in [7, 11) is 0. The molecule has 2 heterocycles. The maximum absolute atomic E-state index is 12.5. The Labute approximate surface area is 160 Å². The van der Waals surface area contributed by atoms with E-state index >= 15 is 0 Å². The van der Waals surface area contributed by atoms with Crippen LogP contribution in [0, 0.1) is 5.92 Å². The zero-order valence-electron chi connectivity index (χ0n) is 14.4. The van der Waals surface area contributed by atoms with Gasteiger partial charge in [-0.1, -0.05) is 12.1 Å². The predicted molar refractivity (Wildman–Crippen MR) is 104 cm³/mol. The monoisotopic (exact) mass is 385 g/mol. The molecule has 1 saturated heterocycles. The van der Waals surface area contributed by atoms with Crippen molar-refractivity contribution >= 4 is 36.4 Å². The van der Waals surface area contributed by atoms with Crippen LogP contribution in [0.1, 0.15) is 26.7 Å². The average molecular weight is 386 g/mol. The summed E-state index contributed by atoms with van der Waals surface area (Å²) in [6.45, 7) is 5.89. The van der Waals surface area contributed by atoms with E-state index < -0.39 is 0 Å². The third kappa shape index (κ3) is 5.17. The highest BCUT2D eigenvalue weighted by Gasteiger charge is 2.24. The third-order valence-corrected chi connectivity index (χ3v) is 4.34. The number of nitrogens with one attached hydrogen (secondary N) is 2. The Morgan fingerprint density at radius 1 is 1.40 bits per heavy atom. The fourth-order valence-electron chi connectivity index (χ4n) is 3.06. The Bertz CT molecular complexity index is 691. The van der Waals surface area contributed by atoms with Crippen molar-refractivity contribution in [2.75, 3.05) is 11.9 Å². The summed E-state index contributed by atoms with van der Waals surface area (Å²) in [5.41, 5.74) is 1.77. The maximum Gasteiger partial charge on any atom is 0.227 e. The number of rotatable bonds is 4. The largest absolute Gasteiger partial charge is 0.326 e. The van der Waals surface area contributed by atoms with Crippen LogP contribution in [0.25, 0.3) is 11.4 Å². The Hall–Kier alpha value is -1.63. The molecule has 1 aromatic heterocycles. The number of hydrogen-bond donors (Lipinski definition) is 2. The van der Waals surface area contributed by atoms with Gasteiger partial charge in [0.05, 0.1) is 0 Å². The van der Waals surface area contributed by atoms with E-state index in [1.807, 2.05) is 28.8 Å².